The summed E-state index contributed by atoms with van der Waals surface area (Å²) in [4.78, 5) is 14.8. The summed E-state index contributed by atoms with van der Waals surface area (Å²) < 4.78 is 24.8. The molecule has 48 heavy (non-hydrogen) atoms. The van der Waals surface area contributed by atoms with Gasteiger partial charge in [0.1, 0.15) is 6.10 Å². The molecule has 0 aromatic carbocycles. The monoisotopic (exact) mass is 670 g/mol. The first-order chi connectivity index (χ1) is 22.5. The molecule has 2 saturated heterocycles. The SMILES string of the molecule is CC1CC(C(O)C(C)(C)O)OC2C1C1(C)CCC34CC35CCC(OC3CN(C(=O)c6ccco6)CCO3)C(C)(C)C5CCC4C1(N)C2O. The molecule has 1 amide bonds. The third-order valence-corrected chi connectivity index (χ3v) is 15.7. The van der Waals surface area contributed by atoms with Gasteiger partial charge in [-0.15, -0.1) is 0 Å². The molecule has 7 fully saturated rings. The number of furan rings is 1. The van der Waals surface area contributed by atoms with Crippen molar-refractivity contribution in [2.24, 2.45) is 51.1 Å². The molecular weight excluding hydrogens is 612 g/mol. The van der Waals surface area contributed by atoms with Gasteiger partial charge in [0.2, 0.25) is 0 Å². The van der Waals surface area contributed by atoms with E-state index < -0.39 is 41.8 Å². The molecule has 2 aliphatic heterocycles. The number of morpholine rings is 1. The van der Waals surface area contributed by atoms with E-state index >= 15 is 0 Å². The van der Waals surface area contributed by atoms with Crippen molar-refractivity contribution in [2.75, 3.05) is 19.7 Å². The van der Waals surface area contributed by atoms with Gasteiger partial charge in [-0.3, -0.25) is 4.79 Å². The summed E-state index contributed by atoms with van der Waals surface area (Å²) in [7, 11) is 0. The smallest absolute Gasteiger partial charge is 0.289 e. The number of carbonyl (C=O) groups is 1. The van der Waals surface area contributed by atoms with Crippen LogP contribution in [0.4, 0.5) is 0 Å². The van der Waals surface area contributed by atoms with Crippen molar-refractivity contribution < 1.29 is 38.7 Å². The average molecular weight is 671 g/mol. The normalized spacial score (nSPS) is 50.0. The standard InChI is InChI=1S/C38H58N2O8/c1-21-18-23(30(41)34(4,5)44)47-29-28(21)35(6)13-14-37-20-36(37)12-11-26(33(2,3)24(36)9-10-25(37)38(35,39)31(29)42)48-27-19-40(15-17-46-27)32(43)22-8-7-16-45-22/h7-8,16,21,23-31,41-42,44H,9-15,17-20,39H2,1-6H3. The summed E-state index contributed by atoms with van der Waals surface area (Å²) in [5.41, 5.74) is 5.56. The molecule has 10 heteroatoms. The lowest BCUT2D eigenvalue weighted by Gasteiger charge is -2.63. The van der Waals surface area contributed by atoms with Crippen molar-refractivity contribution in [3.05, 3.63) is 24.2 Å². The van der Waals surface area contributed by atoms with Crippen LogP contribution in [0.25, 0.3) is 0 Å². The molecule has 5 N–H and O–H groups in total. The second-order valence-electron chi connectivity index (χ2n) is 18.5. The van der Waals surface area contributed by atoms with Crippen LogP contribution < -0.4 is 5.73 Å². The summed E-state index contributed by atoms with van der Waals surface area (Å²) in [5.74, 6) is 1.18. The Morgan fingerprint density at radius 3 is 2.56 bits per heavy atom. The summed E-state index contributed by atoms with van der Waals surface area (Å²) in [6.07, 6.45) is 6.12. The van der Waals surface area contributed by atoms with Crippen LogP contribution in [0.5, 0.6) is 0 Å². The first-order valence-electron chi connectivity index (χ1n) is 18.6. The lowest BCUT2D eigenvalue weighted by molar-refractivity contribution is -0.242. The molecular formula is C38H58N2O8. The maximum atomic E-state index is 13.0. The Labute approximate surface area is 285 Å². The van der Waals surface area contributed by atoms with Crippen LogP contribution in [-0.2, 0) is 14.2 Å². The summed E-state index contributed by atoms with van der Waals surface area (Å²) >= 11 is 0. The van der Waals surface area contributed by atoms with E-state index in [0.29, 0.717) is 37.8 Å². The largest absolute Gasteiger partial charge is 0.459 e. The minimum Gasteiger partial charge on any atom is -0.459 e. The van der Waals surface area contributed by atoms with Crippen molar-refractivity contribution in [1.29, 1.82) is 0 Å². The Hall–Kier alpha value is -1.53. The fourth-order valence-electron chi connectivity index (χ4n) is 13.5. The summed E-state index contributed by atoms with van der Waals surface area (Å²) in [6.45, 7) is 13.9. The van der Waals surface area contributed by atoms with E-state index in [9.17, 15) is 20.1 Å². The van der Waals surface area contributed by atoms with E-state index in [0.717, 1.165) is 44.9 Å². The predicted octanol–water partition coefficient (Wildman–Crippen LogP) is 4.10. The summed E-state index contributed by atoms with van der Waals surface area (Å²) in [6, 6.07) is 3.43. The lowest BCUT2D eigenvalue weighted by atomic mass is 9.43. The number of fused-ring (bicyclic) bond motifs is 4. The number of hydrogen-bond donors (Lipinski definition) is 4. The maximum Gasteiger partial charge on any atom is 0.289 e. The number of ether oxygens (including phenoxy) is 3. The second-order valence-corrected chi connectivity index (χ2v) is 18.5. The number of aliphatic hydroxyl groups is 3. The van der Waals surface area contributed by atoms with Gasteiger partial charge in [-0.2, -0.15) is 0 Å². The van der Waals surface area contributed by atoms with Gasteiger partial charge in [0.05, 0.1) is 55.0 Å². The third kappa shape index (κ3) is 4.32. The van der Waals surface area contributed by atoms with E-state index in [2.05, 4.69) is 27.7 Å². The minimum absolute atomic E-state index is 0.0139. The molecule has 2 spiro atoms. The molecule has 268 valence electrons. The fourth-order valence-corrected chi connectivity index (χ4v) is 13.5. The zero-order valence-corrected chi connectivity index (χ0v) is 29.7. The molecule has 5 saturated carbocycles. The quantitative estimate of drug-likeness (QED) is 0.364. The van der Waals surface area contributed by atoms with Gasteiger partial charge in [-0.05, 0) is 123 Å². The van der Waals surface area contributed by atoms with E-state index in [-0.39, 0.29) is 51.4 Å². The van der Waals surface area contributed by atoms with E-state index in [1.807, 2.05) is 0 Å². The Balaban J connectivity index is 1.01. The average Bonchev–Trinajstić information content (AvgIpc) is 3.29. The van der Waals surface area contributed by atoms with Gasteiger partial charge in [0, 0.05) is 6.54 Å². The molecule has 0 bridgehead atoms. The van der Waals surface area contributed by atoms with Crippen LogP contribution in [0, 0.1) is 45.3 Å². The number of hydrogen-bond acceptors (Lipinski definition) is 9. The Morgan fingerprint density at radius 1 is 1.12 bits per heavy atom. The topological polar surface area (TPSA) is 148 Å². The number of nitrogens with two attached hydrogens (primary N) is 1. The van der Waals surface area contributed by atoms with Crippen molar-refractivity contribution in [1.82, 2.24) is 4.90 Å². The van der Waals surface area contributed by atoms with E-state index in [1.54, 1.807) is 30.9 Å². The van der Waals surface area contributed by atoms with E-state index in [4.69, 9.17) is 24.4 Å². The third-order valence-electron chi connectivity index (χ3n) is 15.7. The molecule has 1 aromatic rings. The van der Waals surface area contributed by atoms with Gasteiger partial charge < -0.3 is 44.6 Å². The van der Waals surface area contributed by atoms with Crippen molar-refractivity contribution >= 4 is 5.91 Å². The number of nitrogens with zero attached hydrogens (tertiary/aromatic N) is 1. The van der Waals surface area contributed by atoms with Crippen molar-refractivity contribution in [3.8, 4) is 0 Å². The van der Waals surface area contributed by atoms with Gasteiger partial charge >= 0.3 is 0 Å². The molecule has 5 aliphatic carbocycles. The van der Waals surface area contributed by atoms with Crippen LogP contribution in [0.2, 0.25) is 0 Å². The first kappa shape index (κ1) is 33.6. The zero-order chi connectivity index (χ0) is 34.2. The number of aliphatic hydroxyl groups excluding tert-OH is 2. The number of carbonyl (C=O) groups excluding carboxylic acids is 1. The molecule has 7 aliphatic rings. The number of rotatable bonds is 5. The molecule has 14 atom stereocenters. The molecule has 1 aromatic heterocycles. The van der Waals surface area contributed by atoms with Crippen LogP contribution in [-0.4, -0.2) is 93.8 Å². The maximum absolute atomic E-state index is 13.0. The van der Waals surface area contributed by atoms with Crippen molar-refractivity contribution in [2.45, 2.75) is 141 Å². The molecule has 3 heterocycles. The number of amides is 1. The highest BCUT2D eigenvalue weighted by molar-refractivity contribution is 5.91. The predicted molar refractivity (Wildman–Crippen MR) is 176 cm³/mol. The lowest BCUT2D eigenvalue weighted by Crippen LogP contribution is -2.70. The Kier molecular flexibility index (Phi) is 7.52. The molecule has 0 radical (unpaired) electrons. The molecule has 14 unspecified atom stereocenters. The van der Waals surface area contributed by atoms with Crippen molar-refractivity contribution in [3.63, 3.8) is 0 Å². The highest BCUT2D eigenvalue weighted by Gasteiger charge is 2.85. The molecule has 8 rings (SSSR count). The van der Waals surface area contributed by atoms with Crippen LogP contribution in [0.15, 0.2) is 22.8 Å². The van der Waals surface area contributed by atoms with Crippen LogP contribution in [0.3, 0.4) is 0 Å². The Morgan fingerprint density at radius 2 is 1.85 bits per heavy atom. The van der Waals surface area contributed by atoms with Gasteiger partial charge in [-0.25, -0.2) is 0 Å². The van der Waals surface area contributed by atoms with Crippen LogP contribution in [0.1, 0.15) is 103 Å². The molecule has 10 nitrogen and oxygen atoms in total. The van der Waals surface area contributed by atoms with Gasteiger partial charge in [0.25, 0.3) is 5.91 Å². The summed E-state index contributed by atoms with van der Waals surface area (Å²) in [5, 5.41) is 33.9. The van der Waals surface area contributed by atoms with Crippen LogP contribution >= 0.6 is 0 Å². The minimum atomic E-state index is -1.30. The fraction of sp³-hybridized carbons (Fsp3) is 0.868. The highest BCUT2D eigenvalue weighted by atomic mass is 16.7. The second kappa shape index (κ2) is 10.7. The highest BCUT2D eigenvalue weighted by Crippen LogP contribution is 2.87. The Bertz CT molecular complexity index is 1410. The zero-order valence-electron chi connectivity index (χ0n) is 29.7. The van der Waals surface area contributed by atoms with E-state index in [1.165, 1.54) is 6.26 Å². The van der Waals surface area contributed by atoms with Gasteiger partial charge in [-0.1, -0.05) is 27.7 Å². The van der Waals surface area contributed by atoms with Gasteiger partial charge in [0.15, 0.2) is 12.1 Å². The first-order valence-corrected chi connectivity index (χ1v) is 18.6.